The van der Waals surface area contributed by atoms with Crippen LogP contribution in [0.3, 0.4) is 0 Å². The van der Waals surface area contributed by atoms with Crippen molar-refractivity contribution in [2.75, 3.05) is 6.54 Å². The van der Waals surface area contributed by atoms with Crippen LogP contribution in [0.4, 0.5) is 4.79 Å². The van der Waals surface area contributed by atoms with Crippen molar-refractivity contribution in [3.8, 4) is 0 Å². The predicted molar refractivity (Wildman–Crippen MR) is 108 cm³/mol. The summed E-state index contributed by atoms with van der Waals surface area (Å²) in [6.07, 6.45) is 5.08. The second-order valence-electron chi connectivity index (χ2n) is 8.46. The Morgan fingerprint density at radius 1 is 1.29 bits per heavy atom. The van der Waals surface area contributed by atoms with Gasteiger partial charge >= 0.3 is 6.09 Å². The van der Waals surface area contributed by atoms with Crippen molar-refractivity contribution >= 4 is 6.09 Å². The van der Waals surface area contributed by atoms with Crippen molar-refractivity contribution in [3.05, 3.63) is 48.0 Å². The molecule has 1 saturated heterocycles. The maximum atomic E-state index is 12.5. The summed E-state index contributed by atoms with van der Waals surface area (Å²) in [5.74, 6) is 0. The van der Waals surface area contributed by atoms with E-state index in [1.165, 1.54) is 11.1 Å². The van der Waals surface area contributed by atoms with Gasteiger partial charge in [0.2, 0.25) is 0 Å². The molecular weight excluding hydrogens is 354 g/mol. The van der Waals surface area contributed by atoms with Gasteiger partial charge in [-0.2, -0.15) is 5.10 Å². The summed E-state index contributed by atoms with van der Waals surface area (Å²) in [5, 5.41) is 7.71. The van der Waals surface area contributed by atoms with E-state index in [4.69, 9.17) is 4.74 Å². The number of hydrogen-bond acceptors (Lipinski definition) is 5. The Morgan fingerprint density at radius 2 is 2.00 bits per heavy atom. The van der Waals surface area contributed by atoms with E-state index in [2.05, 4.69) is 46.6 Å². The van der Waals surface area contributed by atoms with Gasteiger partial charge in [0, 0.05) is 19.1 Å². The van der Waals surface area contributed by atoms with Crippen molar-refractivity contribution in [1.82, 2.24) is 25.0 Å². The molecule has 0 radical (unpaired) electrons. The minimum Gasteiger partial charge on any atom is -0.444 e. The number of ether oxygens (including phenoxy) is 1. The molecule has 1 fully saturated rings. The van der Waals surface area contributed by atoms with E-state index in [1.54, 1.807) is 17.3 Å². The van der Waals surface area contributed by atoms with Gasteiger partial charge in [-0.1, -0.05) is 24.3 Å². The van der Waals surface area contributed by atoms with Gasteiger partial charge in [-0.3, -0.25) is 0 Å². The molecule has 3 rings (SSSR count). The number of nitrogens with one attached hydrogen (secondary N) is 1. The van der Waals surface area contributed by atoms with E-state index in [0.29, 0.717) is 0 Å². The van der Waals surface area contributed by atoms with Gasteiger partial charge in [-0.15, -0.1) is 0 Å². The Bertz CT molecular complexity index is 752. The number of benzene rings is 1. The van der Waals surface area contributed by atoms with Gasteiger partial charge in [-0.25, -0.2) is 14.5 Å². The Labute approximate surface area is 167 Å². The van der Waals surface area contributed by atoms with Crippen molar-refractivity contribution in [2.45, 2.75) is 71.3 Å². The summed E-state index contributed by atoms with van der Waals surface area (Å²) in [7, 11) is 0. The summed E-state index contributed by atoms with van der Waals surface area (Å²) >= 11 is 0. The quantitative estimate of drug-likeness (QED) is 0.827. The first-order valence-corrected chi connectivity index (χ1v) is 9.95. The van der Waals surface area contributed by atoms with E-state index >= 15 is 0 Å². The highest BCUT2D eigenvalue weighted by Crippen LogP contribution is 2.23. The van der Waals surface area contributed by atoms with Crippen molar-refractivity contribution in [3.63, 3.8) is 0 Å². The number of nitrogens with zero attached hydrogens (tertiary/aromatic N) is 4. The van der Waals surface area contributed by atoms with Crippen LogP contribution in [0.15, 0.2) is 36.9 Å². The van der Waals surface area contributed by atoms with Gasteiger partial charge in [0.1, 0.15) is 18.3 Å². The largest absolute Gasteiger partial charge is 0.444 e. The summed E-state index contributed by atoms with van der Waals surface area (Å²) < 4.78 is 7.37. The molecular formula is C21H31N5O2. The standard InChI is InChI=1S/C21H31N5O2/c1-16(19-6-5-11-26(19)20(27)28-21(2,3)4)23-12-17-7-9-18(10-8-17)13-25-15-22-14-24-25/h7-10,14-16,19,23H,5-6,11-13H2,1-4H3. The van der Waals surface area contributed by atoms with Crippen molar-refractivity contribution in [2.24, 2.45) is 0 Å². The molecule has 152 valence electrons. The van der Waals surface area contributed by atoms with E-state index in [9.17, 15) is 4.79 Å². The maximum absolute atomic E-state index is 12.5. The zero-order valence-electron chi connectivity index (χ0n) is 17.3. The van der Waals surface area contributed by atoms with Crippen LogP contribution in [0.5, 0.6) is 0 Å². The van der Waals surface area contributed by atoms with Crippen LogP contribution in [0.1, 0.15) is 51.7 Å². The first-order valence-electron chi connectivity index (χ1n) is 9.95. The van der Waals surface area contributed by atoms with Gasteiger partial charge in [-0.05, 0) is 51.7 Å². The SMILES string of the molecule is CC(NCc1ccc(Cn2cncn2)cc1)C1CCCN1C(=O)OC(C)(C)C. The topological polar surface area (TPSA) is 72.3 Å². The molecule has 2 atom stereocenters. The van der Waals surface area contributed by atoms with Crippen LogP contribution in [-0.2, 0) is 17.8 Å². The minimum absolute atomic E-state index is 0.168. The molecule has 1 aromatic carbocycles. The monoisotopic (exact) mass is 385 g/mol. The number of hydrogen-bond donors (Lipinski definition) is 1. The van der Waals surface area contributed by atoms with E-state index in [1.807, 2.05) is 25.7 Å². The van der Waals surface area contributed by atoms with Crippen LogP contribution >= 0.6 is 0 Å². The van der Waals surface area contributed by atoms with Crippen LogP contribution in [0.2, 0.25) is 0 Å². The molecule has 0 aliphatic carbocycles. The highest BCUT2D eigenvalue weighted by atomic mass is 16.6. The molecule has 1 aliphatic heterocycles. The lowest BCUT2D eigenvalue weighted by Gasteiger charge is -2.32. The number of carbonyl (C=O) groups excluding carboxylic acids is 1. The molecule has 7 nitrogen and oxygen atoms in total. The summed E-state index contributed by atoms with van der Waals surface area (Å²) in [6.45, 7) is 10.1. The number of likely N-dealkylation sites (tertiary alicyclic amines) is 1. The third kappa shape index (κ3) is 5.55. The van der Waals surface area contributed by atoms with Crippen molar-refractivity contribution in [1.29, 1.82) is 0 Å². The molecule has 0 spiro atoms. The molecule has 2 aromatic rings. The fourth-order valence-corrected chi connectivity index (χ4v) is 3.54. The molecule has 1 amide bonds. The molecule has 1 N–H and O–H groups in total. The highest BCUT2D eigenvalue weighted by molar-refractivity contribution is 5.69. The number of rotatable bonds is 6. The smallest absolute Gasteiger partial charge is 0.410 e. The Morgan fingerprint density at radius 3 is 2.64 bits per heavy atom. The van der Waals surface area contributed by atoms with Crippen LogP contribution in [0.25, 0.3) is 0 Å². The molecule has 0 bridgehead atoms. The first kappa shape index (κ1) is 20.3. The predicted octanol–water partition coefficient (Wildman–Crippen LogP) is 3.20. The molecule has 28 heavy (non-hydrogen) atoms. The second kappa shape index (κ2) is 8.73. The Balaban J connectivity index is 1.51. The number of amides is 1. The second-order valence-corrected chi connectivity index (χ2v) is 8.46. The average Bonchev–Trinajstić information content (AvgIpc) is 3.31. The summed E-state index contributed by atoms with van der Waals surface area (Å²) in [4.78, 5) is 18.3. The lowest BCUT2D eigenvalue weighted by molar-refractivity contribution is 0.0200. The van der Waals surface area contributed by atoms with E-state index < -0.39 is 5.60 Å². The van der Waals surface area contributed by atoms with Crippen LogP contribution < -0.4 is 5.32 Å². The third-order valence-corrected chi connectivity index (χ3v) is 4.97. The fourth-order valence-electron chi connectivity index (χ4n) is 3.54. The summed E-state index contributed by atoms with van der Waals surface area (Å²) in [6, 6.07) is 8.86. The molecule has 7 heteroatoms. The minimum atomic E-state index is -0.463. The molecule has 2 unspecified atom stereocenters. The average molecular weight is 386 g/mol. The number of carbonyl (C=O) groups is 1. The van der Waals surface area contributed by atoms with Crippen LogP contribution in [-0.4, -0.2) is 50.0 Å². The lowest BCUT2D eigenvalue weighted by atomic mass is 10.1. The highest BCUT2D eigenvalue weighted by Gasteiger charge is 2.35. The van der Waals surface area contributed by atoms with Gasteiger partial charge in [0.05, 0.1) is 12.6 Å². The third-order valence-electron chi connectivity index (χ3n) is 4.97. The first-order chi connectivity index (χ1) is 13.3. The van der Waals surface area contributed by atoms with Gasteiger partial charge in [0.15, 0.2) is 0 Å². The zero-order valence-corrected chi connectivity index (χ0v) is 17.3. The lowest BCUT2D eigenvalue weighted by Crippen LogP contribution is -2.48. The normalized spacial score (nSPS) is 18.3. The van der Waals surface area contributed by atoms with E-state index in [-0.39, 0.29) is 18.2 Å². The van der Waals surface area contributed by atoms with Gasteiger partial charge < -0.3 is 15.0 Å². The van der Waals surface area contributed by atoms with Crippen molar-refractivity contribution < 1.29 is 9.53 Å². The molecule has 2 heterocycles. The van der Waals surface area contributed by atoms with Crippen LogP contribution in [0, 0.1) is 0 Å². The zero-order chi connectivity index (χ0) is 20.1. The maximum Gasteiger partial charge on any atom is 0.410 e. The molecule has 0 saturated carbocycles. The number of aromatic nitrogens is 3. The van der Waals surface area contributed by atoms with Gasteiger partial charge in [0.25, 0.3) is 0 Å². The summed E-state index contributed by atoms with van der Waals surface area (Å²) in [5.41, 5.74) is 1.94. The molecule has 1 aromatic heterocycles. The fraction of sp³-hybridized carbons (Fsp3) is 0.571. The Kier molecular flexibility index (Phi) is 6.34. The molecule has 1 aliphatic rings. The Hall–Kier alpha value is -2.41. The van der Waals surface area contributed by atoms with E-state index in [0.717, 1.165) is 32.5 Å².